The number of carbonyl (C=O) groups is 1. The quantitative estimate of drug-likeness (QED) is 0.677. The van der Waals surface area contributed by atoms with E-state index in [1.807, 2.05) is 12.1 Å². The van der Waals surface area contributed by atoms with Gasteiger partial charge >= 0.3 is 5.97 Å². The molecule has 1 saturated carbocycles. The van der Waals surface area contributed by atoms with Crippen LogP contribution in [0.4, 0.5) is 0 Å². The van der Waals surface area contributed by atoms with Crippen LogP contribution in [0, 0.1) is 11.8 Å². The van der Waals surface area contributed by atoms with Crippen molar-refractivity contribution in [2.45, 2.75) is 25.0 Å². The highest BCUT2D eigenvalue weighted by Gasteiger charge is 2.33. The highest BCUT2D eigenvalue weighted by atomic mass is 32.2. The summed E-state index contributed by atoms with van der Waals surface area (Å²) in [6.45, 7) is 2.79. The van der Waals surface area contributed by atoms with Crippen molar-refractivity contribution in [2.24, 2.45) is 11.8 Å². The van der Waals surface area contributed by atoms with Gasteiger partial charge in [-0.25, -0.2) is 4.98 Å². The van der Waals surface area contributed by atoms with Gasteiger partial charge in [0.15, 0.2) is 5.16 Å². The van der Waals surface area contributed by atoms with Crippen LogP contribution in [-0.2, 0) is 11.3 Å². The molecular formula is C15H16N2O3S. The molecular weight excluding hydrogens is 288 g/mol. The molecule has 2 unspecified atom stereocenters. The number of fused-ring (bicyclic) bond motifs is 1. The van der Waals surface area contributed by atoms with E-state index in [1.54, 1.807) is 16.7 Å². The van der Waals surface area contributed by atoms with E-state index < -0.39 is 5.97 Å². The number of hydrogen-bond acceptors (Lipinski definition) is 4. The van der Waals surface area contributed by atoms with Crippen molar-refractivity contribution in [1.82, 2.24) is 9.55 Å². The summed E-state index contributed by atoms with van der Waals surface area (Å²) < 4.78 is 1.64. The maximum Gasteiger partial charge on any atom is 0.313 e. The highest BCUT2D eigenvalue weighted by Crippen LogP contribution is 2.39. The number of nitrogens with zero attached hydrogens (tertiary/aromatic N) is 2. The first-order valence-corrected chi connectivity index (χ1v) is 7.89. The molecule has 5 nitrogen and oxygen atoms in total. The van der Waals surface area contributed by atoms with Crippen LogP contribution >= 0.6 is 11.8 Å². The van der Waals surface area contributed by atoms with Crippen molar-refractivity contribution >= 4 is 28.6 Å². The zero-order valence-electron chi connectivity index (χ0n) is 11.7. The second kappa shape index (κ2) is 5.52. The Balaban J connectivity index is 2.05. The number of thioether (sulfide) groups is 1. The van der Waals surface area contributed by atoms with E-state index in [9.17, 15) is 9.59 Å². The van der Waals surface area contributed by atoms with E-state index in [0.29, 0.717) is 34.4 Å². The van der Waals surface area contributed by atoms with Crippen molar-refractivity contribution in [3.8, 4) is 0 Å². The molecule has 1 fully saturated rings. The van der Waals surface area contributed by atoms with Crippen LogP contribution in [0.3, 0.4) is 0 Å². The van der Waals surface area contributed by atoms with E-state index in [-0.39, 0.29) is 11.3 Å². The third-order valence-corrected chi connectivity index (χ3v) is 4.81. The summed E-state index contributed by atoms with van der Waals surface area (Å²) in [5.74, 6) is 0.120. The minimum absolute atomic E-state index is 0.0763. The fraction of sp³-hybridized carbons (Fsp3) is 0.400. The van der Waals surface area contributed by atoms with Gasteiger partial charge in [0.25, 0.3) is 5.56 Å². The molecule has 1 aromatic carbocycles. The molecule has 1 aromatic heterocycles. The molecule has 6 heteroatoms. The minimum atomic E-state index is -0.909. The fourth-order valence-corrected chi connectivity index (χ4v) is 3.16. The summed E-state index contributed by atoms with van der Waals surface area (Å²) in [5, 5.41) is 9.94. The number of carboxylic acid groups (broad SMARTS) is 1. The van der Waals surface area contributed by atoms with Crippen LogP contribution in [0.1, 0.15) is 13.3 Å². The Morgan fingerprint density at radius 1 is 1.48 bits per heavy atom. The van der Waals surface area contributed by atoms with Crippen LogP contribution in [-0.4, -0.2) is 26.4 Å². The van der Waals surface area contributed by atoms with Crippen molar-refractivity contribution in [1.29, 1.82) is 0 Å². The first-order valence-electron chi connectivity index (χ1n) is 6.90. The zero-order chi connectivity index (χ0) is 15.0. The average molecular weight is 304 g/mol. The lowest BCUT2D eigenvalue weighted by atomic mass is 10.2. The molecule has 0 amide bonds. The SMILES string of the molecule is CC1CC1Cn1c(SCC(=O)O)nc2ccccc2c1=O. The lowest BCUT2D eigenvalue weighted by Crippen LogP contribution is -2.24. The van der Waals surface area contributed by atoms with Gasteiger partial charge in [-0.3, -0.25) is 14.2 Å². The smallest absolute Gasteiger partial charge is 0.313 e. The number of aliphatic carboxylic acids is 1. The molecule has 1 heterocycles. The normalized spacial score (nSPS) is 20.6. The molecule has 1 aliphatic rings. The molecule has 0 spiro atoms. The van der Waals surface area contributed by atoms with Gasteiger partial charge in [-0.15, -0.1) is 0 Å². The monoisotopic (exact) mass is 304 g/mol. The van der Waals surface area contributed by atoms with Crippen molar-refractivity contribution < 1.29 is 9.90 Å². The standard InChI is InChI=1S/C15H16N2O3S/c1-9-6-10(9)7-17-14(20)11-4-2-3-5-12(11)16-15(17)21-8-13(18)19/h2-5,9-10H,6-8H2,1H3,(H,18,19). The number of benzene rings is 1. The van der Waals surface area contributed by atoms with Gasteiger partial charge in [-0.1, -0.05) is 30.8 Å². The first-order chi connectivity index (χ1) is 10.1. The predicted molar refractivity (Wildman–Crippen MR) is 81.6 cm³/mol. The van der Waals surface area contributed by atoms with Crippen LogP contribution in [0.25, 0.3) is 10.9 Å². The molecule has 0 bridgehead atoms. The highest BCUT2D eigenvalue weighted by molar-refractivity contribution is 7.99. The van der Waals surface area contributed by atoms with Crippen molar-refractivity contribution in [2.75, 3.05) is 5.75 Å². The number of carboxylic acids is 1. The number of rotatable bonds is 5. The maximum absolute atomic E-state index is 12.6. The Morgan fingerprint density at radius 2 is 2.19 bits per heavy atom. The Morgan fingerprint density at radius 3 is 2.86 bits per heavy atom. The molecule has 0 aliphatic heterocycles. The van der Waals surface area contributed by atoms with Gasteiger partial charge in [0.2, 0.25) is 0 Å². The lowest BCUT2D eigenvalue weighted by molar-refractivity contribution is -0.133. The minimum Gasteiger partial charge on any atom is -0.481 e. The zero-order valence-corrected chi connectivity index (χ0v) is 12.5. The molecule has 1 N–H and O–H groups in total. The molecule has 1 aliphatic carbocycles. The first kappa shape index (κ1) is 14.1. The molecule has 2 aromatic rings. The Bertz CT molecular complexity index is 756. The summed E-state index contributed by atoms with van der Waals surface area (Å²) in [6.07, 6.45) is 1.11. The van der Waals surface area contributed by atoms with Gasteiger partial charge in [-0.2, -0.15) is 0 Å². The largest absolute Gasteiger partial charge is 0.481 e. The molecule has 0 saturated heterocycles. The average Bonchev–Trinajstić information content (AvgIpc) is 3.15. The van der Waals surface area contributed by atoms with Crippen molar-refractivity contribution in [3.05, 3.63) is 34.6 Å². The van der Waals surface area contributed by atoms with Gasteiger partial charge in [0.05, 0.1) is 16.7 Å². The maximum atomic E-state index is 12.6. The molecule has 3 rings (SSSR count). The third kappa shape index (κ3) is 2.95. The van der Waals surface area contributed by atoms with E-state index in [4.69, 9.17) is 5.11 Å². The molecule has 110 valence electrons. The topological polar surface area (TPSA) is 72.2 Å². The summed E-state index contributed by atoms with van der Waals surface area (Å²) in [7, 11) is 0. The number of para-hydroxylation sites is 1. The van der Waals surface area contributed by atoms with Crippen LogP contribution < -0.4 is 5.56 Å². The third-order valence-electron chi connectivity index (χ3n) is 3.84. The van der Waals surface area contributed by atoms with Gasteiger partial charge in [0, 0.05) is 6.54 Å². The van der Waals surface area contributed by atoms with Crippen LogP contribution in [0.5, 0.6) is 0 Å². The number of aromatic nitrogens is 2. The Kier molecular flexibility index (Phi) is 3.71. The summed E-state index contributed by atoms with van der Waals surface area (Å²) in [4.78, 5) is 27.9. The van der Waals surface area contributed by atoms with Gasteiger partial charge in [-0.05, 0) is 30.4 Å². The van der Waals surface area contributed by atoms with E-state index in [0.717, 1.165) is 18.2 Å². The Hall–Kier alpha value is -1.82. The van der Waals surface area contributed by atoms with E-state index in [2.05, 4.69) is 11.9 Å². The van der Waals surface area contributed by atoms with Crippen molar-refractivity contribution in [3.63, 3.8) is 0 Å². The molecule has 21 heavy (non-hydrogen) atoms. The van der Waals surface area contributed by atoms with E-state index in [1.165, 1.54) is 0 Å². The summed E-state index contributed by atoms with van der Waals surface area (Å²) in [6, 6.07) is 7.20. The fourth-order valence-electron chi connectivity index (χ4n) is 2.43. The molecule has 0 radical (unpaired) electrons. The predicted octanol–water partition coefficient (Wildman–Crippen LogP) is 2.23. The lowest BCUT2D eigenvalue weighted by Gasteiger charge is -2.12. The molecule has 2 atom stereocenters. The Labute approximate surface area is 126 Å². The second-order valence-corrected chi connectivity index (χ2v) is 6.43. The van der Waals surface area contributed by atoms with Gasteiger partial charge in [0.1, 0.15) is 0 Å². The summed E-state index contributed by atoms with van der Waals surface area (Å²) >= 11 is 1.11. The van der Waals surface area contributed by atoms with Crippen LogP contribution in [0.2, 0.25) is 0 Å². The summed E-state index contributed by atoms with van der Waals surface area (Å²) in [5.41, 5.74) is 0.545. The van der Waals surface area contributed by atoms with Gasteiger partial charge < -0.3 is 5.11 Å². The number of hydrogen-bond donors (Lipinski definition) is 1. The van der Waals surface area contributed by atoms with Crippen LogP contribution in [0.15, 0.2) is 34.2 Å². The second-order valence-electron chi connectivity index (χ2n) is 5.48. The van der Waals surface area contributed by atoms with E-state index >= 15 is 0 Å².